The molecule has 170 valence electrons. The summed E-state index contributed by atoms with van der Waals surface area (Å²) in [4.78, 5) is 27.1. The first-order valence-electron chi connectivity index (χ1n) is 9.87. The van der Waals surface area contributed by atoms with Crippen LogP contribution in [0.4, 0.5) is 15.8 Å². The van der Waals surface area contributed by atoms with E-state index >= 15 is 4.39 Å². The first kappa shape index (κ1) is 23.8. The van der Waals surface area contributed by atoms with E-state index in [0.29, 0.717) is 21.3 Å². The van der Waals surface area contributed by atoms with Gasteiger partial charge in [-0.2, -0.15) is 0 Å². The molecular weight excluding hydrogens is 509 g/mol. The lowest BCUT2D eigenvalue weighted by molar-refractivity contribution is -0.117. The van der Waals surface area contributed by atoms with Gasteiger partial charge in [-0.25, -0.2) is 4.39 Å². The van der Waals surface area contributed by atoms with E-state index in [1.807, 2.05) is 6.07 Å². The van der Waals surface area contributed by atoms with E-state index in [9.17, 15) is 9.59 Å². The van der Waals surface area contributed by atoms with Crippen molar-refractivity contribution in [3.63, 3.8) is 0 Å². The van der Waals surface area contributed by atoms with Gasteiger partial charge in [0.15, 0.2) is 5.82 Å². The van der Waals surface area contributed by atoms with Gasteiger partial charge in [0.2, 0.25) is 5.91 Å². The van der Waals surface area contributed by atoms with E-state index < -0.39 is 33.8 Å². The Morgan fingerprint density at radius 2 is 1.61 bits per heavy atom. The molecular formula is C24H17Cl4FN2O2. The molecule has 0 saturated heterocycles. The van der Waals surface area contributed by atoms with Gasteiger partial charge in [-0.05, 0) is 48.0 Å². The van der Waals surface area contributed by atoms with Crippen LogP contribution in [0, 0.1) is 11.7 Å². The molecule has 4 nitrogen and oxygen atoms in total. The predicted molar refractivity (Wildman–Crippen MR) is 131 cm³/mol. The number of amides is 2. The number of anilines is 2. The zero-order valence-corrected chi connectivity index (χ0v) is 20.2. The molecule has 2 amide bonds. The highest BCUT2D eigenvalue weighted by Gasteiger charge is 2.67. The molecule has 1 N–H and O–H groups in total. The van der Waals surface area contributed by atoms with Crippen molar-refractivity contribution in [2.45, 2.75) is 10.3 Å². The fourth-order valence-electron chi connectivity index (χ4n) is 3.78. The van der Waals surface area contributed by atoms with E-state index in [1.54, 1.807) is 49.5 Å². The smallest absolute Gasteiger partial charge is 0.261 e. The van der Waals surface area contributed by atoms with Crippen LogP contribution in [0.15, 0.2) is 66.7 Å². The zero-order chi connectivity index (χ0) is 23.9. The van der Waals surface area contributed by atoms with Crippen molar-refractivity contribution in [2.24, 2.45) is 5.92 Å². The van der Waals surface area contributed by atoms with Crippen LogP contribution >= 0.6 is 46.4 Å². The van der Waals surface area contributed by atoms with E-state index in [1.165, 1.54) is 23.1 Å². The fraction of sp³-hybridized carbons (Fsp3) is 0.167. The van der Waals surface area contributed by atoms with Gasteiger partial charge in [-0.3, -0.25) is 9.59 Å². The van der Waals surface area contributed by atoms with E-state index in [0.717, 1.165) is 0 Å². The average molecular weight is 526 g/mol. The Kier molecular flexibility index (Phi) is 6.61. The summed E-state index contributed by atoms with van der Waals surface area (Å²) in [5.41, 5.74) is 0.875. The number of para-hydroxylation sites is 1. The minimum Gasteiger partial charge on any atom is -0.323 e. The van der Waals surface area contributed by atoms with E-state index in [2.05, 4.69) is 5.32 Å². The number of hydrogen-bond donors (Lipinski definition) is 1. The van der Waals surface area contributed by atoms with Crippen molar-refractivity contribution in [3.05, 3.63) is 93.7 Å². The largest absolute Gasteiger partial charge is 0.323 e. The van der Waals surface area contributed by atoms with Crippen molar-refractivity contribution >= 4 is 69.6 Å². The second-order valence-electron chi connectivity index (χ2n) is 7.69. The number of benzene rings is 3. The molecule has 2 atom stereocenters. The summed E-state index contributed by atoms with van der Waals surface area (Å²) in [5.74, 6) is -3.43. The van der Waals surface area contributed by atoms with Crippen LogP contribution in [0.5, 0.6) is 0 Å². The molecule has 1 aliphatic rings. The molecule has 0 spiro atoms. The van der Waals surface area contributed by atoms with E-state index in [4.69, 9.17) is 46.4 Å². The summed E-state index contributed by atoms with van der Waals surface area (Å²) < 4.78 is 13.8. The normalized spacial score (nSPS) is 18.5. The summed E-state index contributed by atoms with van der Waals surface area (Å²) >= 11 is 24.8. The maximum atomic E-state index is 15.2. The second-order valence-corrected chi connectivity index (χ2v) is 10.0. The predicted octanol–water partition coefficient (Wildman–Crippen LogP) is 6.94. The standard InChI is InChI=1S/C24H17Cl4FN2O2/c1-31(16-6-3-2-4-7-16)23(33)17-8-5-9-18(21(17)29)30-22(32)20-19(24(20,27)28)13-10-14(25)12-15(26)11-13/h2-12,19-20H,1H3,(H,30,32)/t19-,20+/m1/s1. The van der Waals surface area contributed by atoms with Crippen LogP contribution in [-0.4, -0.2) is 23.2 Å². The van der Waals surface area contributed by atoms with Gasteiger partial charge >= 0.3 is 0 Å². The molecule has 1 fully saturated rings. The molecule has 1 aliphatic carbocycles. The summed E-state index contributed by atoms with van der Waals surface area (Å²) in [6, 6.07) is 17.8. The Morgan fingerprint density at radius 3 is 2.24 bits per heavy atom. The molecule has 1 saturated carbocycles. The van der Waals surface area contributed by atoms with Crippen molar-refractivity contribution in [3.8, 4) is 0 Å². The van der Waals surface area contributed by atoms with Gasteiger partial charge in [0.25, 0.3) is 5.91 Å². The topological polar surface area (TPSA) is 49.4 Å². The quantitative estimate of drug-likeness (QED) is 0.367. The lowest BCUT2D eigenvalue weighted by atomic mass is 10.1. The summed E-state index contributed by atoms with van der Waals surface area (Å²) in [7, 11) is 1.54. The van der Waals surface area contributed by atoms with Crippen LogP contribution in [-0.2, 0) is 4.79 Å². The number of rotatable bonds is 5. The maximum Gasteiger partial charge on any atom is 0.261 e. The third-order valence-electron chi connectivity index (χ3n) is 5.52. The van der Waals surface area contributed by atoms with Crippen LogP contribution in [0.2, 0.25) is 10.0 Å². The minimum absolute atomic E-state index is 0.147. The van der Waals surface area contributed by atoms with Crippen LogP contribution in [0.1, 0.15) is 21.8 Å². The Hall–Kier alpha value is -2.31. The van der Waals surface area contributed by atoms with Crippen LogP contribution in [0.25, 0.3) is 0 Å². The first-order valence-corrected chi connectivity index (χ1v) is 11.4. The molecule has 0 radical (unpaired) electrons. The summed E-state index contributed by atoms with van der Waals surface area (Å²) in [6.45, 7) is 0. The monoisotopic (exact) mass is 524 g/mol. The van der Waals surface area contributed by atoms with Gasteiger partial charge in [-0.1, -0.05) is 47.5 Å². The Bertz CT molecular complexity index is 1220. The van der Waals surface area contributed by atoms with Crippen molar-refractivity contribution in [1.29, 1.82) is 0 Å². The molecule has 33 heavy (non-hydrogen) atoms. The maximum absolute atomic E-state index is 15.2. The van der Waals surface area contributed by atoms with Crippen LogP contribution < -0.4 is 10.2 Å². The highest BCUT2D eigenvalue weighted by Crippen LogP contribution is 2.65. The van der Waals surface area contributed by atoms with Gasteiger partial charge in [-0.15, -0.1) is 23.2 Å². The number of hydrogen-bond acceptors (Lipinski definition) is 2. The third-order valence-corrected chi connectivity index (χ3v) is 6.89. The van der Waals surface area contributed by atoms with Gasteiger partial charge in [0, 0.05) is 28.7 Å². The number of carbonyl (C=O) groups is 2. The Morgan fingerprint density at radius 1 is 0.970 bits per heavy atom. The Labute approximate surface area is 210 Å². The minimum atomic E-state index is -1.41. The molecule has 0 aliphatic heterocycles. The number of halogens is 5. The number of nitrogens with one attached hydrogen (secondary N) is 1. The van der Waals surface area contributed by atoms with Crippen molar-refractivity contribution in [2.75, 3.05) is 17.3 Å². The van der Waals surface area contributed by atoms with Crippen molar-refractivity contribution in [1.82, 2.24) is 0 Å². The zero-order valence-electron chi connectivity index (χ0n) is 17.2. The van der Waals surface area contributed by atoms with Gasteiger partial charge in [0.1, 0.15) is 4.33 Å². The molecule has 3 aromatic carbocycles. The fourth-order valence-corrected chi connectivity index (χ4v) is 5.15. The highest BCUT2D eigenvalue weighted by atomic mass is 35.5. The number of carbonyl (C=O) groups excluding carboxylic acids is 2. The molecule has 0 unspecified atom stereocenters. The highest BCUT2D eigenvalue weighted by molar-refractivity contribution is 6.53. The summed E-state index contributed by atoms with van der Waals surface area (Å²) in [5, 5.41) is 3.28. The molecule has 4 rings (SSSR count). The molecule has 0 aromatic heterocycles. The SMILES string of the molecule is CN(C(=O)c1cccc(NC(=O)[C@@H]2[C@@H](c3cc(Cl)cc(Cl)c3)C2(Cl)Cl)c1F)c1ccccc1. The van der Waals surface area contributed by atoms with Gasteiger partial charge < -0.3 is 10.2 Å². The lowest BCUT2D eigenvalue weighted by Crippen LogP contribution is -2.27. The van der Waals surface area contributed by atoms with Crippen LogP contribution in [0.3, 0.4) is 0 Å². The third kappa shape index (κ3) is 4.69. The number of nitrogens with zero attached hydrogens (tertiary/aromatic N) is 1. The van der Waals surface area contributed by atoms with E-state index in [-0.39, 0.29) is 11.3 Å². The molecule has 0 bridgehead atoms. The Balaban J connectivity index is 1.55. The summed E-state index contributed by atoms with van der Waals surface area (Å²) in [6.07, 6.45) is 0. The first-order chi connectivity index (χ1) is 15.6. The molecule has 9 heteroatoms. The number of alkyl halides is 2. The lowest BCUT2D eigenvalue weighted by Gasteiger charge is -2.18. The van der Waals surface area contributed by atoms with Crippen molar-refractivity contribution < 1.29 is 14.0 Å². The molecule has 0 heterocycles. The van der Waals surface area contributed by atoms with Gasteiger partial charge in [0.05, 0.1) is 17.2 Å². The average Bonchev–Trinajstić information content (AvgIpc) is 3.36. The molecule has 3 aromatic rings. The second kappa shape index (κ2) is 9.15.